The summed E-state index contributed by atoms with van der Waals surface area (Å²) in [7, 11) is -0.290. The van der Waals surface area contributed by atoms with Crippen LogP contribution in [0.2, 0.25) is 5.15 Å². The van der Waals surface area contributed by atoms with E-state index >= 15 is 0 Å². The van der Waals surface area contributed by atoms with E-state index in [2.05, 4.69) is 142 Å². The molecule has 2 amide bonds. The Hall–Kier alpha value is -6.69. The largest absolute Gasteiger partial charge is 0.487 e. The third-order valence-electron chi connectivity index (χ3n) is 15.9. The number of ether oxygens (including phenoxy) is 2. The van der Waals surface area contributed by atoms with E-state index in [0.717, 1.165) is 157 Å². The summed E-state index contributed by atoms with van der Waals surface area (Å²) < 4.78 is 22.9. The van der Waals surface area contributed by atoms with Gasteiger partial charge < -0.3 is 39.4 Å². The number of pyridine rings is 2. The first-order valence-electron chi connectivity index (χ1n) is 27.4. The fourth-order valence-corrected chi connectivity index (χ4v) is 11.0. The molecule has 4 aromatic carbocycles. The average Bonchev–Trinajstić information content (AvgIpc) is 4.31. The van der Waals surface area contributed by atoms with Crippen LogP contribution >= 0.6 is 11.6 Å². The van der Waals surface area contributed by atoms with Crippen molar-refractivity contribution in [2.24, 2.45) is 0 Å². The van der Waals surface area contributed by atoms with Gasteiger partial charge in [0, 0.05) is 110 Å². The molecule has 8 aromatic rings. The van der Waals surface area contributed by atoms with Crippen LogP contribution in [0.1, 0.15) is 95.2 Å². The monoisotopic (exact) mass is 1080 g/mol. The van der Waals surface area contributed by atoms with Gasteiger partial charge in [-0.05, 0) is 86.4 Å². The highest BCUT2D eigenvalue weighted by molar-refractivity contribution is 6.52. The van der Waals surface area contributed by atoms with Crippen LogP contribution in [-0.2, 0) is 44.5 Å². The Morgan fingerprint density at radius 1 is 0.608 bits per heavy atom. The van der Waals surface area contributed by atoms with Gasteiger partial charge in [0.25, 0.3) is 11.8 Å². The van der Waals surface area contributed by atoms with Crippen molar-refractivity contribution in [1.29, 1.82) is 0 Å². The van der Waals surface area contributed by atoms with Crippen LogP contribution in [-0.4, -0.2) is 139 Å². The molecule has 0 aliphatic carbocycles. The van der Waals surface area contributed by atoms with E-state index < -0.39 is 0 Å². The van der Waals surface area contributed by atoms with Crippen molar-refractivity contribution >= 4 is 92.1 Å². The maximum atomic E-state index is 12.4. The number of aromatic nitrogens is 4. The lowest BCUT2D eigenvalue weighted by Crippen LogP contribution is -2.41. The number of hydrogen-bond acceptors (Lipinski definition) is 10. The summed E-state index contributed by atoms with van der Waals surface area (Å²) in [6.07, 6.45) is 13.9. The van der Waals surface area contributed by atoms with Crippen LogP contribution in [0.15, 0.2) is 103 Å². The van der Waals surface area contributed by atoms with Crippen molar-refractivity contribution in [3.8, 4) is 0 Å². The van der Waals surface area contributed by atoms with Gasteiger partial charge in [-0.3, -0.25) is 29.4 Å². The first-order valence-corrected chi connectivity index (χ1v) is 27.8. The molecule has 13 rings (SSSR count). The topological polar surface area (TPSA) is 159 Å². The Kier molecular flexibility index (Phi) is 17.1. The number of nitrogens with zero attached hydrogens (tertiary/aromatic N) is 4. The Labute approximate surface area is 468 Å². The summed E-state index contributed by atoms with van der Waals surface area (Å²) in [6, 6.07) is 29.4. The second-order valence-corrected chi connectivity index (χ2v) is 22.1. The molecule has 0 bridgehead atoms. The van der Waals surface area contributed by atoms with Gasteiger partial charge in [0.15, 0.2) is 0 Å². The van der Waals surface area contributed by atoms with Gasteiger partial charge in [-0.1, -0.05) is 110 Å². The second-order valence-electron chi connectivity index (χ2n) is 21.7. The summed E-state index contributed by atoms with van der Waals surface area (Å²) >= 11 is 6.01. The maximum Gasteiger partial charge on any atom is 0.487 e. The molecule has 0 spiro atoms. The Morgan fingerprint density at radius 3 is 1.63 bits per heavy atom. The molecule has 0 radical (unpaired) electrons. The molecular weight excluding hydrogens is 1010 g/mol. The minimum atomic E-state index is -0.290. The molecule has 16 heteroatoms. The zero-order chi connectivity index (χ0) is 53.8. The van der Waals surface area contributed by atoms with Crippen molar-refractivity contribution < 1.29 is 28.4 Å². The molecule has 79 heavy (non-hydrogen) atoms. The SMILES string of the molecule is C.CC1(C)OB(/C=C/c2cccc(CCN3CCOCC3)c2)OC1(C)C.O=C1NCCc2nc3c(ccc4c[nH]c(/C=C/c5cccc(CCN6CCOCC6)c5)cc43)c21.O=C1NCCc2nc3c(ccc4c[nH]c(Cl)cc43)c21. The van der Waals surface area contributed by atoms with E-state index in [1.165, 1.54) is 22.3 Å². The molecule has 0 unspecified atom stereocenters. The number of rotatable bonds is 10. The van der Waals surface area contributed by atoms with Crippen molar-refractivity contribution in [3.63, 3.8) is 0 Å². The number of hydrogen-bond donors (Lipinski definition) is 4. The zero-order valence-corrected chi connectivity index (χ0v) is 45.8. The molecule has 14 nitrogen and oxygen atoms in total. The smallest absolute Gasteiger partial charge is 0.400 e. The molecule has 5 aliphatic rings. The van der Waals surface area contributed by atoms with Crippen molar-refractivity contribution in [2.45, 2.75) is 72.0 Å². The van der Waals surface area contributed by atoms with E-state index in [4.69, 9.17) is 35.4 Å². The standard InChI is InChI=1S/C28H28N4O2.C20H30BNO3.C14H10ClN3O.CH4/c33-28-26-23-7-5-21-18-30-22(17-24(21)27(23)31-25(26)8-10-29-28)6-4-19-2-1-3-20(16-19)9-11-32-12-14-34-15-13-32;1-19(2)20(3,4)25-21(24-19)10-8-17-6-5-7-18(16-17)9-11-22-12-14-23-15-13-22;15-11-5-9-7(6-17-11)1-2-8-12-10(18-13(8)9)3-4-16-14(12)19;/h1-7,16-18,30H,8-15H2,(H,29,33);5-8,10,16H,9,11-15H2,1-4H3;1-2,5-6,17H,3-4H2,(H,16,19);1H4/b6-4+;10-8+;;. The highest BCUT2D eigenvalue weighted by atomic mass is 35.5. The molecule has 410 valence electrons. The number of carbonyl (C=O) groups excluding carboxylic acids is 2. The third kappa shape index (κ3) is 12.7. The fraction of sp³-hybridized carbons (Fsp3) is 0.365. The summed E-state index contributed by atoms with van der Waals surface area (Å²) in [5.74, 6) is 1.97. The second kappa shape index (κ2) is 24.4. The van der Waals surface area contributed by atoms with Crippen molar-refractivity contribution in [2.75, 3.05) is 78.8 Å². The number of carbonyl (C=O) groups is 2. The van der Waals surface area contributed by atoms with Gasteiger partial charge in [-0.15, -0.1) is 0 Å². The van der Waals surface area contributed by atoms with Crippen molar-refractivity contribution in [1.82, 2.24) is 40.4 Å². The number of halogens is 1. The first-order chi connectivity index (χ1) is 37.8. The molecule has 4 aromatic heterocycles. The lowest BCUT2D eigenvalue weighted by atomic mass is 9.89. The van der Waals surface area contributed by atoms with Gasteiger partial charge in [-0.25, -0.2) is 0 Å². The van der Waals surface area contributed by atoms with Gasteiger partial charge in [-0.2, -0.15) is 0 Å². The lowest BCUT2D eigenvalue weighted by Gasteiger charge is -2.32. The number of fused-ring (bicyclic) bond motifs is 10. The molecule has 9 heterocycles. The normalized spacial score (nSPS) is 18.2. The molecule has 4 N–H and O–H groups in total. The minimum Gasteiger partial charge on any atom is -0.400 e. The van der Waals surface area contributed by atoms with Crippen molar-refractivity contribution in [3.05, 3.63) is 159 Å². The summed E-state index contributed by atoms with van der Waals surface area (Å²) in [6.45, 7) is 19.3. The maximum absolute atomic E-state index is 12.4. The quantitative estimate of drug-likeness (QED) is 0.0767. The Bertz CT molecular complexity index is 3540. The van der Waals surface area contributed by atoms with E-state index in [-0.39, 0.29) is 37.6 Å². The van der Waals surface area contributed by atoms with Crippen LogP contribution in [0.3, 0.4) is 0 Å². The zero-order valence-electron chi connectivity index (χ0n) is 45.1. The average molecular weight is 1080 g/mol. The number of benzene rings is 4. The Balaban J connectivity index is 0.000000139. The fourth-order valence-electron chi connectivity index (χ4n) is 10.8. The lowest BCUT2D eigenvalue weighted by molar-refractivity contribution is 0.00578. The van der Waals surface area contributed by atoms with Crippen LogP contribution in [0.25, 0.3) is 61.6 Å². The Morgan fingerprint density at radius 2 is 1.10 bits per heavy atom. The minimum absolute atomic E-state index is 0. The summed E-state index contributed by atoms with van der Waals surface area (Å²) in [4.78, 5) is 45.2. The van der Waals surface area contributed by atoms with E-state index in [1.54, 1.807) is 0 Å². The summed E-state index contributed by atoms with van der Waals surface area (Å²) in [5, 5.41) is 12.4. The van der Waals surface area contributed by atoms with Crippen LogP contribution in [0, 0.1) is 0 Å². The first kappa shape index (κ1) is 55.6. The molecule has 0 atom stereocenters. The van der Waals surface area contributed by atoms with Gasteiger partial charge >= 0.3 is 7.12 Å². The number of nitrogens with one attached hydrogen (secondary N) is 4. The van der Waals surface area contributed by atoms with Crippen LogP contribution < -0.4 is 10.6 Å². The molecular formula is C63H72BClN8O6. The van der Waals surface area contributed by atoms with Crippen LogP contribution in [0.4, 0.5) is 0 Å². The highest BCUT2D eigenvalue weighted by Crippen LogP contribution is 2.37. The van der Waals surface area contributed by atoms with Gasteiger partial charge in [0.2, 0.25) is 0 Å². The third-order valence-corrected chi connectivity index (χ3v) is 16.1. The number of amides is 2. The number of H-pyrrole nitrogens is 2. The van der Waals surface area contributed by atoms with E-state index in [0.29, 0.717) is 23.8 Å². The highest BCUT2D eigenvalue weighted by Gasteiger charge is 2.50. The molecule has 3 saturated heterocycles. The van der Waals surface area contributed by atoms with Gasteiger partial charge in [0.05, 0.1) is 71.2 Å². The van der Waals surface area contributed by atoms with E-state index in [1.807, 2.05) is 42.6 Å². The van der Waals surface area contributed by atoms with Gasteiger partial charge in [0.1, 0.15) is 5.15 Å². The predicted molar refractivity (Wildman–Crippen MR) is 320 cm³/mol. The molecule has 3 fully saturated rings. The molecule has 0 saturated carbocycles. The van der Waals surface area contributed by atoms with E-state index in [9.17, 15) is 9.59 Å². The number of aromatic amines is 2. The van der Waals surface area contributed by atoms with Crippen LogP contribution in [0.5, 0.6) is 0 Å². The number of morpholine rings is 2. The predicted octanol–water partition coefficient (Wildman–Crippen LogP) is 10.5. The summed E-state index contributed by atoms with van der Waals surface area (Å²) in [5.41, 5.74) is 10.5. The molecule has 5 aliphatic heterocycles.